The fourth-order valence-electron chi connectivity index (χ4n) is 3.16. The van der Waals surface area contributed by atoms with E-state index in [-0.39, 0.29) is 0 Å². The van der Waals surface area contributed by atoms with Crippen LogP contribution in [0.15, 0.2) is 29.0 Å². The van der Waals surface area contributed by atoms with Crippen LogP contribution in [0, 0.1) is 0 Å². The van der Waals surface area contributed by atoms with Gasteiger partial charge in [0.1, 0.15) is 0 Å². The number of rotatable bonds is 2. The van der Waals surface area contributed by atoms with E-state index < -0.39 is 0 Å². The monoisotopic (exact) mass is 348 g/mol. The summed E-state index contributed by atoms with van der Waals surface area (Å²) in [6.07, 6.45) is 10.6. The fourth-order valence-corrected chi connectivity index (χ4v) is 3.71. The number of benzene rings is 1. The number of hydrogen-bond donors (Lipinski definition) is 0. The summed E-state index contributed by atoms with van der Waals surface area (Å²) in [5.74, 6) is 1.60. The van der Waals surface area contributed by atoms with E-state index in [1.165, 1.54) is 32.1 Å². The van der Waals surface area contributed by atoms with Crippen molar-refractivity contribution in [3.63, 3.8) is 0 Å². The highest BCUT2D eigenvalue weighted by Crippen LogP contribution is 2.41. The molecule has 110 valence electrons. The molecule has 0 N–H and O–H groups in total. The first-order chi connectivity index (χ1) is 10.3. The molecule has 0 saturated heterocycles. The number of fused-ring (bicyclic) bond motifs is 1. The molecule has 1 saturated carbocycles. The quantitative estimate of drug-likeness (QED) is 0.798. The summed E-state index contributed by atoms with van der Waals surface area (Å²) in [6.45, 7) is 0.298. The van der Waals surface area contributed by atoms with Gasteiger partial charge in [0.25, 0.3) is 0 Å². The van der Waals surface area contributed by atoms with Crippen molar-refractivity contribution in [2.24, 2.45) is 0 Å². The molecule has 0 bridgehead atoms. The van der Waals surface area contributed by atoms with Crippen molar-refractivity contribution in [1.82, 2.24) is 9.78 Å². The molecule has 0 unspecified atom stereocenters. The van der Waals surface area contributed by atoms with Crippen LogP contribution in [-0.4, -0.2) is 16.6 Å². The van der Waals surface area contributed by atoms with Crippen LogP contribution >= 0.6 is 15.9 Å². The standard InChI is InChI=1S/C16H17BrN2O2/c17-14-7-16-15(20-10-21-16)6-13(14)11-8-18-19(9-11)12-4-2-1-3-5-12/h6-9,12H,1-5,10H2. The van der Waals surface area contributed by atoms with Gasteiger partial charge in [-0.1, -0.05) is 35.2 Å². The molecular weight excluding hydrogens is 332 g/mol. The topological polar surface area (TPSA) is 36.3 Å². The van der Waals surface area contributed by atoms with Crippen molar-refractivity contribution in [3.8, 4) is 22.6 Å². The number of hydrogen-bond acceptors (Lipinski definition) is 3. The van der Waals surface area contributed by atoms with Crippen molar-refractivity contribution in [3.05, 3.63) is 29.0 Å². The predicted octanol–water partition coefficient (Wildman–Crippen LogP) is 4.55. The van der Waals surface area contributed by atoms with Crippen LogP contribution in [-0.2, 0) is 0 Å². The summed E-state index contributed by atoms with van der Waals surface area (Å²) < 4.78 is 14.0. The van der Waals surface area contributed by atoms with Crippen molar-refractivity contribution >= 4 is 15.9 Å². The highest BCUT2D eigenvalue weighted by atomic mass is 79.9. The van der Waals surface area contributed by atoms with Gasteiger partial charge in [0.05, 0.1) is 12.2 Å². The number of aromatic nitrogens is 2. The second kappa shape index (κ2) is 5.37. The summed E-state index contributed by atoms with van der Waals surface area (Å²) in [5.41, 5.74) is 2.21. The SMILES string of the molecule is Brc1cc2c(cc1-c1cnn(C3CCCCC3)c1)OCO2. The lowest BCUT2D eigenvalue weighted by Crippen LogP contribution is -2.12. The predicted molar refractivity (Wildman–Crippen MR) is 83.6 cm³/mol. The maximum Gasteiger partial charge on any atom is 0.231 e. The molecule has 21 heavy (non-hydrogen) atoms. The third-order valence-electron chi connectivity index (χ3n) is 4.32. The van der Waals surface area contributed by atoms with Crippen LogP contribution in [0.4, 0.5) is 0 Å². The Morgan fingerprint density at radius 3 is 2.67 bits per heavy atom. The molecule has 1 aliphatic carbocycles. The second-order valence-electron chi connectivity index (χ2n) is 5.69. The van der Waals surface area contributed by atoms with Crippen LogP contribution < -0.4 is 9.47 Å². The third kappa shape index (κ3) is 2.44. The molecule has 2 aromatic rings. The summed E-state index contributed by atoms with van der Waals surface area (Å²) >= 11 is 3.62. The van der Waals surface area contributed by atoms with E-state index in [1.807, 2.05) is 18.3 Å². The normalized spacial score (nSPS) is 18.1. The number of ether oxygens (including phenoxy) is 2. The Kier molecular flexibility index (Phi) is 3.37. The van der Waals surface area contributed by atoms with Crippen molar-refractivity contribution in [2.75, 3.05) is 6.79 Å². The highest BCUT2D eigenvalue weighted by molar-refractivity contribution is 9.10. The minimum Gasteiger partial charge on any atom is -0.454 e. The highest BCUT2D eigenvalue weighted by Gasteiger charge is 2.20. The summed E-state index contributed by atoms with van der Waals surface area (Å²) in [4.78, 5) is 0. The smallest absolute Gasteiger partial charge is 0.231 e. The Labute approximate surface area is 132 Å². The van der Waals surface area contributed by atoms with Gasteiger partial charge in [0, 0.05) is 21.8 Å². The zero-order chi connectivity index (χ0) is 14.2. The van der Waals surface area contributed by atoms with Gasteiger partial charge < -0.3 is 9.47 Å². The van der Waals surface area contributed by atoms with Crippen LogP contribution in [0.2, 0.25) is 0 Å². The Balaban J connectivity index is 1.66. The molecule has 1 aromatic carbocycles. The van der Waals surface area contributed by atoms with E-state index in [0.29, 0.717) is 12.8 Å². The van der Waals surface area contributed by atoms with Gasteiger partial charge in [-0.2, -0.15) is 5.10 Å². The summed E-state index contributed by atoms with van der Waals surface area (Å²) in [5, 5.41) is 4.57. The van der Waals surface area contributed by atoms with Gasteiger partial charge in [-0.25, -0.2) is 0 Å². The van der Waals surface area contributed by atoms with Gasteiger partial charge in [-0.3, -0.25) is 4.68 Å². The van der Waals surface area contributed by atoms with Gasteiger partial charge in [-0.05, 0) is 25.0 Å². The first kappa shape index (κ1) is 13.2. The molecular formula is C16H17BrN2O2. The van der Waals surface area contributed by atoms with Crippen LogP contribution in [0.5, 0.6) is 11.5 Å². The van der Waals surface area contributed by atoms with E-state index in [0.717, 1.165) is 27.1 Å². The second-order valence-corrected chi connectivity index (χ2v) is 6.54. The lowest BCUT2D eigenvalue weighted by molar-refractivity contribution is 0.174. The average Bonchev–Trinajstić information content (AvgIpc) is 3.15. The summed E-state index contributed by atoms with van der Waals surface area (Å²) in [6, 6.07) is 4.55. The Hall–Kier alpha value is -1.49. The van der Waals surface area contributed by atoms with E-state index in [1.54, 1.807) is 0 Å². The van der Waals surface area contributed by atoms with Crippen molar-refractivity contribution in [1.29, 1.82) is 0 Å². The molecule has 5 heteroatoms. The van der Waals surface area contributed by atoms with E-state index in [4.69, 9.17) is 9.47 Å². The number of nitrogens with zero attached hydrogens (tertiary/aromatic N) is 2. The average molecular weight is 349 g/mol. The first-order valence-corrected chi connectivity index (χ1v) is 8.24. The molecule has 0 atom stereocenters. The summed E-state index contributed by atoms with van der Waals surface area (Å²) in [7, 11) is 0. The van der Waals surface area contributed by atoms with Gasteiger partial charge in [0.15, 0.2) is 11.5 Å². The number of halogens is 1. The van der Waals surface area contributed by atoms with Gasteiger partial charge >= 0.3 is 0 Å². The van der Waals surface area contributed by atoms with E-state index >= 15 is 0 Å². The van der Waals surface area contributed by atoms with Crippen molar-refractivity contribution in [2.45, 2.75) is 38.1 Å². The molecule has 4 rings (SSSR count). The van der Waals surface area contributed by atoms with Gasteiger partial charge in [-0.15, -0.1) is 0 Å². The van der Waals surface area contributed by atoms with Crippen LogP contribution in [0.3, 0.4) is 0 Å². The fraction of sp³-hybridized carbons (Fsp3) is 0.438. The Bertz CT molecular complexity index is 662. The van der Waals surface area contributed by atoms with Crippen molar-refractivity contribution < 1.29 is 9.47 Å². The molecule has 2 aliphatic rings. The molecule has 0 amide bonds. The Morgan fingerprint density at radius 1 is 1.10 bits per heavy atom. The molecule has 1 aromatic heterocycles. The minimum absolute atomic E-state index is 0.298. The molecule has 1 fully saturated rings. The molecule has 4 nitrogen and oxygen atoms in total. The van der Waals surface area contributed by atoms with E-state index in [2.05, 4.69) is 31.9 Å². The lowest BCUT2D eigenvalue weighted by Gasteiger charge is -2.21. The van der Waals surface area contributed by atoms with E-state index in [9.17, 15) is 0 Å². The maximum absolute atomic E-state index is 5.47. The molecule has 0 spiro atoms. The largest absolute Gasteiger partial charge is 0.454 e. The first-order valence-electron chi connectivity index (χ1n) is 7.45. The molecule has 1 aliphatic heterocycles. The third-order valence-corrected chi connectivity index (χ3v) is 4.98. The molecule has 0 radical (unpaired) electrons. The zero-order valence-corrected chi connectivity index (χ0v) is 13.3. The Morgan fingerprint density at radius 2 is 1.86 bits per heavy atom. The van der Waals surface area contributed by atoms with Gasteiger partial charge in [0.2, 0.25) is 6.79 Å². The van der Waals surface area contributed by atoms with Crippen LogP contribution in [0.1, 0.15) is 38.1 Å². The van der Waals surface area contributed by atoms with Crippen LogP contribution in [0.25, 0.3) is 11.1 Å². The zero-order valence-electron chi connectivity index (χ0n) is 11.7. The minimum atomic E-state index is 0.298. The lowest BCUT2D eigenvalue weighted by atomic mass is 9.96. The maximum atomic E-state index is 5.47. The molecule has 2 heterocycles.